The molecular weight excluding hydrogens is 769 g/mol. The summed E-state index contributed by atoms with van der Waals surface area (Å²) >= 11 is 0. The molecule has 0 aliphatic heterocycles. The van der Waals surface area contributed by atoms with Gasteiger partial charge >= 0.3 is 17.9 Å². The van der Waals surface area contributed by atoms with E-state index in [-0.39, 0.29) is 31.1 Å². The van der Waals surface area contributed by atoms with Gasteiger partial charge in [-0.2, -0.15) is 0 Å². The van der Waals surface area contributed by atoms with Crippen molar-refractivity contribution >= 4 is 17.9 Å². The van der Waals surface area contributed by atoms with Crippen LogP contribution in [0.1, 0.15) is 311 Å². The second-order valence-electron chi connectivity index (χ2n) is 20.2. The molecule has 0 unspecified atom stereocenters. The van der Waals surface area contributed by atoms with Crippen molar-refractivity contribution in [2.24, 2.45) is 11.8 Å². The van der Waals surface area contributed by atoms with Gasteiger partial charge in [-0.1, -0.05) is 272 Å². The highest BCUT2D eigenvalue weighted by Crippen LogP contribution is 2.18. The standard InChI is InChI=1S/C56H108O6/c1-6-7-8-9-29-36-41-46-54(57)60-49-53(50-61-55(58)47-42-37-32-27-23-19-16-12-14-18-22-26-31-35-40-45-52(4)5)62-56(59)48-43-38-33-28-24-20-15-11-10-13-17-21-25-30-34-39-44-51(2)3/h51-53H,6-50H2,1-5H3/t53-/m0/s1. The van der Waals surface area contributed by atoms with Crippen molar-refractivity contribution < 1.29 is 28.6 Å². The molecule has 0 aromatic heterocycles. The Kier molecular flexibility index (Phi) is 47.6. The third-order valence-electron chi connectivity index (χ3n) is 12.7. The van der Waals surface area contributed by atoms with E-state index < -0.39 is 6.10 Å². The van der Waals surface area contributed by atoms with Gasteiger partial charge < -0.3 is 14.2 Å². The van der Waals surface area contributed by atoms with E-state index in [4.69, 9.17) is 14.2 Å². The fraction of sp³-hybridized carbons (Fsp3) is 0.946. The molecule has 0 saturated carbocycles. The van der Waals surface area contributed by atoms with Crippen LogP contribution in [0.15, 0.2) is 0 Å². The van der Waals surface area contributed by atoms with Crippen molar-refractivity contribution in [1.29, 1.82) is 0 Å². The van der Waals surface area contributed by atoms with Gasteiger partial charge in [0.25, 0.3) is 0 Å². The highest BCUT2D eigenvalue weighted by Gasteiger charge is 2.19. The van der Waals surface area contributed by atoms with E-state index in [1.54, 1.807) is 0 Å². The summed E-state index contributed by atoms with van der Waals surface area (Å²) in [6.07, 6.45) is 51.1. The summed E-state index contributed by atoms with van der Waals surface area (Å²) in [6.45, 7) is 11.4. The van der Waals surface area contributed by atoms with Gasteiger partial charge in [-0.25, -0.2) is 0 Å². The van der Waals surface area contributed by atoms with Crippen LogP contribution in [-0.4, -0.2) is 37.2 Å². The number of carbonyl (C=O) groups excluding carboxylic acids is 3. The summed E-state index contributed by atoms with van der Waals surface area (Å²) in [5.41, 5.74) is 0. The highest BCUT2D eigenvalue weighted by molar-refractivity contribution is 5.71. The predicted molar refractivity (Wildman–Crippen MR) is 266 cm³/mol. The molecule has 0 aliphatic carbocycles. The number of hydrogen-bond acceptors (Lipinski definition) is 6. The lowest BCUT2D eigenvalue weighted by Gasteiger charge is -2.18. The lowest BCUT2D eigenvalue weighted by molar-refractivity contribution is -0.167. The molecule has 0 radical (unpaired) electrons. The number of rotatable bonds is 50. The molecule has 0 saturated heterocycles. The van der Waals surface area contributed by atoms with Crippen molar-refractivity contribution in [3.63, 3.8) is 0 Å². The second kappa shape index (κ2) is 48.9. The van der Waals surface area contributed by atoms with Crippen LogP contribution >= 0.6 is 0 Å². The largest absolute Gasteiger partial charge is 0.462 e. The van der Waals surface area contributed by atoms with Gasteiger partial charge in [0.1, 0.15) is 13.2 Å². The smallest absolute Gasteiger partial charge is 0.306 e. The zero-order valence-electron chi connectivity index (χ0n) is 42.5. The van der Waals surface area contributed by atoms with Crippen molar-refractivity contribution in [3.8, 4) is 0 Å². The van der Waals surface area contributed by atoms with Crippen LogP contribution < -0.4 is 0 Å². The topological polar surface area (TPSA) is 78.9 Å². The van der Waals surface area contributed by atoms with Crippen LogP contribution in [0.2, 0.25) is 0 Å². The van der Waals surface area contributed by atoms with Crippen LogP contribution in [0.4, 0.5) is 0 Å². The Morgan fingerprint density at radius 1 is 0.306 bits per heavy atom. The molecular formula is C56H108O6. The van der Waals surface area contributed by atoms with Gasteiger partial charge in [0.15, 0.2) is 6.10 Å². The minimum absolute atomic E-state index is 0.0633. The fourth-order valence-electron chi connectivity index (χ4n) is 8.52. The summed E-state index contributed by atoms with van der Waals surface area (Å²) in [4.78, 5) is 37.9. The minimum Gasteiger partial charge on any atom is -0.462 e. The Morgan fingerprint density at radius 2 is 0.532 bits per heavy atom. The van der Waals surface area contributed by atoms with Crippen LogP contribution in [0.3, 0.4) is 0 Å². The zero-order valence-corrected chi connectivity index (χ0v) is 42.5. The van der Waals surface area contributed by atoms with Crippen molar-refractivity contribution in [2.45, 2.75) is 317 Å². The van der Waals surface area contributed by atoms with Crippen LogP contribution in [0.25, 0.3) is 0 Å². The van der Waals surface area contributed by atoms with Gasteiger partial charge in [-0.3, -0.25) is 14.4 Å². The second-order valence-corrected chi connectivity index (χ2v) is 20.2. The molecule has 0 aliphatic rings. The first-order valence-corrected chi connectivity index (χ1v) is 27.7. The Balaban J connectivity index is 4.15. The first-order valence-electron chi connectivity index (χ1n) is 27.7. The maximum atomic E-state index is 12.8. The molecule has 0 spiro atoms. The highest BCUT2D eigenvalue weighted by atomic mass is 16.6. The summed E-state index contributed by atoms with van der Waals surface area (Å²) < 4.78 is 16.8. The van der Waals surface area contributed by atoms with E-state index in [2.05, 4.69) is 34.6 Å². The molecule has 1 atom stereocenters. The van der Waals surface area contributed by atoms with Crippen LogP contribution in [0.5, 0.6) is 0 Å². The summed E-state index contributed by atoms with van der Waals surface area (Å²) in [5.74, 6) is 0.852. The summed E-state index contributed by atoms with van der Waals surface area (Å²) in [7, 11) is 0. The number of esters is 3. The summed E-state index contributed by atoms with van der Waals surface area (Å²) in [5, 5.41) is 0. The quantitative estimate of drug-likeness (QED) is 0.0344. The molecule has 368 valence electrons. The molecule has 0 N–H and O–H groups in total. The Hall–Kier alpha value is -1.59. The Bertz CT molecular complexity index is 947. The number of unbranched alkanes of at least 4 members (excludes halogenated alkanes) is 35. The molecule has 6 heteroatoms. The lowest BCUT2D eigenvalue weighted by Crippen LogP contribution is -2.30. The van der Waals surface area contributed by atoms with Gasteiger partial charge in [0, 0.05) is 19.3 Å². The van der Waals surface area contributed by atoms with Crippen molar-refractivity contribution in [1.82, 2.24) is 0 Å². The van der Waals surface area contributed by atoms with E-state index in [0.29, 0.717) is 19.3 Å². The molecule has 0 heterocycles. The average Bonchev–Trinajstić information content (AvgIpc) is 3.24. The molecule has 6 nitrogen and oxygen atoms in total. The van der Waals surface area contributed by atoms with E-state index in [1.165, 1.54) is 199 Å². The minimum atomic E-state index is -0.761. The maximum absolute atomic E-state index is 12.8. The first-order chi connectivity index (χ1) is 30.2. The SMILES string of the molecule is CCCCCCCCCC(=O)OC[C@@H](COC(=O)CCCCCCCCCCCCCCCCCC(C)C)OC(=O)CCCCCCCCCCCCCCCCCCC(C)C. The van der Waals surface area contributed by atoms with Gasteiger partial charge in [-0.05, 0) is 31.1 Å². The van der Waals surface area contributed by atoms with E-state index in [1.807, 2.05) is 0 Å². The normalized spacial score (nSPS) is 12.0. The molecule has 0 bridgehead atoms. The molecule has 62 heavy (non-hydrogen) atoms. The Labute approximate surface area is 387 Å². The van der Waals surface area contributed by atoms with E-state index in [9.17, 15) is 14.4 Å². The summed E-state index contributed by atoms with van der Waals surface area (Å²) in [6, 6.07) is 0. The zero-order chi connectivity index (χ0) is 45.4. The number of carbonyl (C=O) groups is 3. The van der Waals surface area contributed by atoms with Crippen molar-refractivity contribution in [2.75, 3.05) is 13.2 Å². The molecule has 0 fully saturated rings. The lowest BCUT2D eigenvalue weighted by atomic mass is 10.0. The van der Waals surface area contributed by atoms with Crippen LogP contribution in [-0.2, 0) is 28.6 Å². The first kappa shape index (κ1) is 60.4. The average molecular weight is 877 g/mol. The predicted octanol–water partition coefficient (Wildman–Crippen LogP) is 18.1. The van der Waals surface area contributed by atoms with Crippen LogP contribution in [0, 0.1) is 11.8 Å². The maximum Gasteiger partial charge on any atom is 0.306 e. The van der Waals surface area contributed by atoms with Gasteiger partial charge in [0.05, 0.1) is 0 Å². The van der Waals surface area contributed by atoms with E-state index >= 15 is 0 Å². The third-order valence-corrected chi connectivity index (χ3v) is 12.7. The number of hydrogen-bond donors (Lipinski definition) is 0. The fourth-order valence-corrected chi connectivity index (χ4v) is 8.52. The molecule has 0 rings (SSSR count). The number of ether oxygens (including phenoxy) is 3. The van der Waals surface area contributed by atoms with Gasteiger partial charge in [-0.15, -0.1) is 0 Å². The molecule has 0 aromatic rings. The molecule has 0 aromatic carbocycles. The van der Waals surface area contributed by atoms with Gasteiger partial charge in [0.2, 0.25) is 0 Å². The Morgan fingerprint density at radius 3 is 0.790 bits per heavy atom. The van der Waals surface area contributed by atoms with E-state index in [0.717, 1.165) is 69.6 Å². The van der Waals surface area contributed by atoms with Crippen molar-refractivity contribution in [3.05, 3.63) is 0 Å². The monoisotopic (exact) mass is 877 g/mol. The molecule has 0 amide bonds. The third kappa shape index (κ3) is 49.4.